The average molecular weight is 266 g/mol. The second-order valence-corrected chi connectivity index (χ2v) is 4.62. The van der Waals surface area contributed by atoms with Crippen LogP contribution < -0.4 is 10.1 Å². The molecule has 0 radical (unpaired) electrons. The summed E-state index contributed by atoms with van der Waals surface area (Å²) in [6.45, 7) is 6.32. The summed E-state index contributed by atoms with van der Waals surface area (Å²) in [7, 11) is 1.44. The number of nitro groups is 1. The van der Waals surface area contributed by atoms with E-state index in [2.05, 4.69) is 26.1 Å². The molecular formula is C14H22N2O3. The summed E-state index contributed by atoms with van der Waals surface area (Å²) < 4.78 is 5.06. The highest BCUT2D eigenvalue weighted by molar-refractivity contribution is 5.68. The Kier molecular flexibility index (Phi) is 5.60. The van der Waals surface area contributed by atoms with Crippen LogP contribution in [0, 0.1) is 16.0 Å². The van der Waals surface area contributed by atoms with E-state index in [1.165, 1.54) is 7.11 Å². The Bertz CT molecular complexity index is 431. The van der Waals surface area contributed by atoms with Crippen LogP contribution in [0.1, 0.15) is 33.6 Å². The molecule has 1 aromatic carbocycles. The highest BCUT2D eigenvalue weighted by Crippen LogP contribution is 2.35. The molecular weight excluding hydrogens is 244 g/mol. The van der Waals surface area contributed by atoms with Crippen LogP contribution in [0.2, 0.25) is 0 Å². The number of para-hydroxylation sites is 1. The second-order valence-electron chi connectivity index (χ2n) is 4.62. The minimum atomic E-state index is -0.402. The summed E-state index contributed by atoms with van der Waals surface area (Å²) in [4.78, 5) is 10.8. The van der Waals surface area contributed by atoms with Crippen molar-refractivity contribution in [2.75, 3.05) is 12.4 Å². The number of nitrogens with zero attached hydrogens (tertiary/aromatic N) is 1. The molecule has 0 heterocycles. The Balaban J connectivity index is 3.03. The molecule has 0 aromatic heterocycles. The van der Waals surface area contributed by atoms with E-state index in [4.69, 9.17) is 4.74 Å². The number of nitrogens with one attached hydrogen (secondary N) is 1. The molecule has 0 amide bonds. The van der Waals surface area contributed by atoms with E-state index in [1.807, 2.05) is 0 Å². The van der Waals surface area contributed by atoms with E-state index < -0.39 is 4.92 Å². The van der Waals surface area contributed by atoms with Gasteiger partial charge < -0.3 is 10.1 Å². The van der Waals surface area contributed by atoms with Crippen molar-refractivity contribution < 1.29 is 9.66 Å². The Hall–Kier alpha value is -1.78. The Morgan fingerprint density at radius 2 is 2.00 bits per heavy atom. The highest BCUT2D eigenvalue weighted by atomic mass is 16.6. The van der Waals surface area contributed by atoms with Gasteiger partial charge in [-0.25, -0.2) is 0 Å². The van der Waals surface area contributed by atoms with Gasteiger partial charge in [-0.1, -0.05) is 32.8 Å². The lowest BCUT2D eigenvalue weighted by atomic mass is 9.95. The van der Waals surface area contributed by atoms with E-state index in [-0.39, 0.29) is 17.5 Å². The standard InChI is InChI=1S/C14H22N2O3/c1-5-11(6-2)10(3)15-12-8-7-9-13(19-4)14(12)16(17)18/h7-11,15H,5-6H2,1-4H3. The van der Waals surface area contributed by atoms with Gasteiger partial charge in [0.2, 0.25) is 0 Å². The van der Waals surface area contributed by atoms with E-state index in [9.17, 15) is 10.1 Å². The van der Waals surface area contributed by atoms with Crippen LogP contribution in [0.3, 0.4) is 0 Å². The summed E-state index contributed by atoms with van der Waals surface area (Å²) >= 11 is 0. The van der Waals surface area contributed by atoms with Crippen LogP contribution in [0.15, 0.2) is 18.2 Å². The molecule has 0 spiro atoms. The van der Waals surface area contributed by atoms with Crippen molar-refractivity contribution in [1.82, 2.24) is 0 Å². The minimum absolute atomic E-state index is 0.00260. The number of nitro benzene ring substituents is 1. The maximum Gasteiger partial charge on any atom is 0.333 e. The van der Waals surface area contributed by atoms with Gasteiger partial charge in [-0.3, -0.25) is 10.1 Å². The summed E-state index contributed by atoms with van der Waals surface area (Å²) in [5.74, 6) is 0.776. The smallest absolute Gasteiger partial charge is 0.333 e. The number of hydrogen-bond donors (Lipinski definition) is 1. The van der Waals surface area contributed by atoms with E-state index in [0.717, 1.165) is 12.8 Å². The van der Waals surface area contributed by atoms with Gasteiger partial charge in [-0.05, 0) is 25.0 Å². The first-order valence-corrected chi connectivity index (χ1v) is 6.63. The number of rotatable bonds is 7. The molecule has 0 fully saturated rings. The predicted molar refractivity (Wildman–Crippen MR) is 76.8 cm³/mol. The molecule has 0 bridgehead atoms. The Morgan fingerprint density at radius 3 is 2.47 bits per heavy atom. The van der Waals surface area contributed by atoms with Gasteiger partial charge in [0.05, 0.1) is 12.0 Å². The van der Waals surface area contributed by atoms with Crippen LogP contribution in [-0.2, 0) is 0 Å². The molecule has 0 aliphatic carbocycles. The Morgan fingerprint density at radius 1 is 1.37 bits per heavy atom. The van der Waals surface area contributed by atoms with Crippen LogP contribution in [0.25, 0.3) is 0 Å². The fraction of sp³-hybridized carbons (Fsp3) is 0.571. The fourth-order valence-electron chi connectivity index (χ4n) is 2.35. The highest BCUT2D eigenvalue weighted by Gasteiger charge is 2.23. The second kappa shape index (κ2) is 6.97. The lowest BCUT2D eigenvalue weighted by Crippen LogP contribution is -2.25. The van der Waals surface area contributed by atoms with Crippen molar-refractivity contribution in [3.8, 4) is 5.75 Å². The number of benzene rings is 1. The molecule has 0 aliphatic rings. The summed E-state index contributed by atoms with van der Waals surface area (Å²) in [6, 6.07) is 5.26. The van der Waals surface area contributed by atoms with Gasteiger partial charge in [-0.2, -0.15) is 0 Å². The normalized spacial score (nSPS) is 12.3. The first-order chi connectivity index (χ1) is 9.04. The van der Waals surface area contributed by atoms with Crippen molar-refractivity contribution in [2.24, 2.45) is 5.92 Å². The number of hydrogen-bond acceptors (Lipinski definition) is 4. The van der Waals surface area contributed by atoms with Crippen LogP contribution in [0.5, 0.6) is 5.75 Å². The monoisotopic (exact) mass is 266 g/mol. The van der Waals surface area contributed by atoms with Gasteiger partial charge in [-0.15, -0.1) is 0 Å². The molecule has 1 N–H and O–H groups in total. The minimum Gasteiger partial charge on any atom is -0.490 e. The lowest BCUT2D eigenvalue weighted by Gasteiger charge is -2.23. The molecule has 0 saturated heterocycles. The van der Waals surface area contributed by atoms with Gasteiger partial charge in [0, 0.05) is 6.04 Å². The first kappa shape index (κ1) is 15.3. The van der Waals surface area contributed by atoms with Crippen molar-refractivity contribution in [1.29, 1.82) is 0 Å². The third-order valence-electron chi connectivity index (χ3n) is 3.54. The molecule has 5 nitrogen and oxygen atoms in total. The van der Waals surface area contributed by atoms with E-state index in [1.54, 1.807) is 18.2 Å². The van der Waals surface area contributed by atoms with E-state index in [0.29, 0.717) is 11.6 Å². The summed E-state index contributed by atoms with van der Waals surface area (Å²) in [6.07, 6.45) is 2.09. The van der Waals surface area contributed by atoms with Crippen molar-refractivity contribution in [3.05, 3.63) is 28.3 Å². The van der Waals surface area contributed by atoms with Crippen LogP contribution in [-0.4, -0.2) is 18.1 Å². The van der Waals surface area contributed by atoms with Gasteiger partial charge in [0.25, 0.3) is 0 Å². The first-order valence-electron chi connectivity index (χ1n) is 6.63. The number of ether oxygens (including phenoxy) is 1. The van der Waals surface area contributed by atoms with Gasteiger partial charge >= 0.3 is 5.69 Å². The molecule has 19 heavy (non-hydrogen) atoms. The molecule has 0 saturated carbocycles. The topological polar surface area (TPSA) is 64.4 Å². The van der Waals surface area contributed by atoms with Crippen molar-refractivity contribution in [2.45, 2.75) is 39.7 Å². The molecule has 1 unspecified atom stereocenters. The Labute approximate surface area is 114 Å². The third kappa shape index (κ3) is 3.59. The molecule has 0 aliphatic heterocycles. The molecule has 5 heteroatoms. The third-order valence-corrected chi connectivity index (χ3v) is 3.54. The lowest BCUT2D eigenvalue weighted by molar-refractivity contribution is -0.384. The van der Waals surface area contributed by atoms with Crippen molar-refractivity contribution >= 4 is 11.4 Å². The zero-order valence-corrected chi connectivity index (χ0v) is 12.0. The van der Waals surface area contributed by atoms with Gasteiger partial charge in [0.15, 0.2) is 5.75 Å². The largest absolute Gasteiger partial charge is 0.490 e. The average Bonchev–Trinajstić information content (AvgIpc) is 2.39. The maximum atomic E-state index is 11.2. The maximum absolute atomic E-state index is 11.2. The van der Waals surface area contributed by atoms with Crippen LogP contribution in [0.4, 0.5) is 11.4 Å². The SMILES string of the molecule is CCC(CC)C(C)Nc1cccc(OC)c1[N+](=O)[O-]. The van der Waals surface area contributed by atoms with Gasteiger partial charge in [0.1, 0.15) is 5.69 Å². The van der Waals surface area contributed by atoms with Crippen molar-refractivity contribution in [3.63, 3.8) is 0 Å². The summed E-state index contributed by atoms with van der Waals surface area (Å²) in [5, 5.41) is 14.4. The molecule has 1 rings (SSSR count). The number of anilines is 1. The summed E-state index contributed by atoms with van der Waals surface area (Å²) in [5.41, 5.74) is 0.520. The van der Waals surface area contributed by atoms with Crippen LogP contribution >= 0.6 is 0 Å². The quantitative estimate of drug-likeness (QED) is 0.601. The fourth-order valence-corrected chi connectivity index (χ4v) is 2.35. The van der Waals surface area contributed by atoms with E-state index >= 15 is 0 Å². The zero-order chi connectivity index (χ0) is 14.4. The number of methoxy groups -OCH3 is 1. The zero-order valence-electron chi connectivity index (χ0n) is 12.0. The molecule has 106 valence electrons. The predicted octanol–water partition coefficient (Wildman–Crippen LogP) is 3.84. The molecule has 1 atom stereocenters. The molecule has 1 aromatic rings.